The normalized spacial score (nSPS) is 18.4. The van der Waals surface area contributed by atoms with Gasteiger partial charge in [-0.1, -0.05) is 24.3 Å². The number of carboxylic acids is 1. The van der Waals surface area contributed by atoms with E-state index in [1.807, 2.05) is 4.90 Å². The van der Waals surface area contributed by atoms with Crippen molar-refractivity contribution in [1.29, 1.82) is 0 Å². The maximum Gasteiger partial charge on any atom is 0.339 e. The van der Waals surface area contributed by atoms with E-state index in [1.165, 1.54) is 18.2 Å². The van der Waals surface area contributed by atoms with Crippen LogP contribution in [-0.2, 0) is 24.5 Å². The molecule has 0 amide bonds. The molecule has 2 aromatic rings. The number of hydrogen-bond acceptors (Lipinski definition) is 7. The molecular weight excluding hydrogens is 574 g/mol. The van der Waals surface area contributed by atoms with Crippen LogP contribution in [0.1, 0.15) is 56.4 Å². The number of carbonyl (C=O) groups excluding carboxylic acids is 2. The monoisotopic (exact) mass is 599 g/mol. The van der Waals surface area contributed by atoms with Gasteiger partial charge in [-0.05, 0) is 71.4 Å². The Hall–Kier alpha value is -3.24. The number of ketones is 2. The van der Waals surface area contributed by atoms with Crippen LogP contribution in [0.4, 0.5) is 0 Å². The highest BCUT2D eigenvalue weighted by Crippen LogP contribution is 2.49. The highest BCUT2D eigenvalue weighted by molar-refractivity contribution is 9.10. The van der Waals surface area contributed by atoms with Gasteiger partial charge in [-0.3, -0.25) is 14.4 Å². The number of benzene rings is 2. The minimum Gasteiger partial charge on any atom is -0.481 e. The zero-order valence-corrected chi connectivity index (χ0v) is 22.9. The van der Waals surface area contributed by atoms with Crippen LogP contribution >= 0.6 is 15.9 Å². The van der Waals surface area contributed by atoms with E-state index in [1.54, 1.807) is 30.3 Å². The van der Waals surface area contributed by atoms with Crippen molar-refractivity contribution in [3.63, 3.8) is 0 Å². The lowest BCUT2D eigenvalue weighted by molar-refractivity contribution is -0.137. The van der Waals surface area contributed by atoms with Crippen molar-refractivity contribution >= 4 is 43.6 Å². The summed E-state index contributed by atoms with van der Waals surface area (Å²) < 4.78 is 31.3. The zero-order valence-electron chi connectivity index (χ0n) is 20.5. The molecule has 3 aliphatic rings. The molecule has 0 unspecified atom stereocenters. The van der Waals surface area contributed by atoms with E-state index in [9.17, 15) is 27.9 Å². The Kier molecular flexibility index (Phi) is 7.28. The van der Waals surface area contributed by atoms with Crippen molar-refractivity contribution in [3.05, 3.63) is 81.1 Å². The number of carbonyl (C=O) groups is 3. The lowest BCUT2D eigenvalue weighted by Gasteiger charge is -2.44. The Morgan fingerprint density at radius 3 is 2.11 bits per heavy atom. The second kappa shape index (κ2) is 10.5. The first kappa shape index (κ1) is 26.4. The van der Waals surface area contributed by atoms with Gasteiger partial charge in [0, 0.05) is 47.8 Å². The number of halogens is 1. The van der Waals surface area contributed by atoms with Gasteiger partial charge >= 0.3 is 16.1 Å². The summed E-state index contributed by atoms with van der Waals surface area (Å²) in [7, 11) is -4.06. The molecule has 10 heteroatoms. The standard InChI is InChI=1S/C28H26BrNO7S/c29-19-16-17(12-13-24(19)37-38(35,36)18-6-2-1-3-7-18)26-27-20(8-4-10-22(27)31)30(15-14-25(33)34)21-9-5-11-23(32)28(21)26/h1-3,6-7,12-13,16,26H,4-5,8-11,14-15H2,(H,33,34). The highest BCUT2D eigenvalue weighted by Gasteiger charge is 2.43. The average molecular weight is 600 g/mol. The fraction of sp³-hybridized carbons (Fsp3) is 0.321. The Balaban J connectivity index is 1.58. The molecule has 0 fully saturated rings. The molecule has 0 saturated heterocycles. The van der Waals surface area contributed by atoms with Gasteiger partial charge in [-0.25, -0.2) is 0 Å². The summed E-state index contributed by atoms with van der Waals surface area (Å²) >= 11 is 3.43. The molecule has 8 nitrogen and oxygen atoms in total. The topological polar surface area (TPSA) is 118 Å². The van der Waals surface area contributed by atoms with Gasteiger partial charge in [0.2, 0.25) is 0 Å². The molecule has 1 heterocycles. The van der Waals surface area contributed by atoms with E-state index in [2.05, 4.69) is 15.9 Å². The number of allylic oxidation sites excluding steroid dienone is 4. The highest BCUT2D eigenvalue weighted by atomic mass is 79.9. The average Bonchev–Trinajstić information content (AvgIpc) is 2.89. The third-order valence-electron chi connectivity index (χ3n) is 7.16. The summed E-state index contributed by atoms with van der Waals surface area (Å²) in [6, 6.07) is 12.7. The second-order valence-electron chi connectivity index (χ2n) is 9.54. The van der Waals surface area contributed by atoms with E-state index in [0.717, 1.165) is 11.4 Å². The molecule has 5 rings (SSSR count). The van der Waals surface area contributed by atoms with Gasteiger partial charge in [0.05, 0.1) is 10.9 Å². The fourth-order valence-electron chi connectivity index (χ4n) is 5.54. The molecule has 38 heavy (non-hydrogen) atoms. The van der Waals surface area contributed by atoms with Crippen molar-refractivity contribution in [3.8, 4) is 5.75 Å². The summed E-state index contributed by atoms with van der Waals surface area (Å²) in [5, 5.41) is 9.33. The van der Waals surface area contributed by atoms with E-state index < -0.39 is 22.0 Å². The summed E-state index contributed by atoms with van der Waals surface area (Å²) in [6.07, 6.45) is 3.19. The molecule has 1 aliphatic heterocycles. The summed E-state index contributed by atoms with van der Waals surface area (Å²) in [5.74, 6) is -1.55. The van der Waals surface area contributed by atoms with Crippen LogP contribution in [0.25, 0.3) is 0 Å². The lowest BCUT2D eigenvalue weighted by atomic mass is 9.71. The third kappa shape index (κ3) is 4.94. The van der Waals surface area contributed by atoms with Crippen LogP contribution in [0.5, 0.6) is 5.75 Å². The molecule has 0 spiro atoms. The van der Waals surface area contributed by atoms with Crippen molar-refractivity contribution in [2.24, 2.45) is 0 Å². The Morgan fingerprint density at radius 2 is 1.55 bits per heavy atom. The predicted octanol–water partition coefficient (Wildman–Crippen LogP) is 5.10. The van der Waals surface area contributed by atoms with Gasteiger partial charge in [0.25, 0.3) is 0 Å². The zero-order chi connectivity index (χ0) is 27.0. The summed E-state index contributed by atoms with van der Waals surface area (Å²) in [4.78, 5) is 40.0. The molecule has 0 radical (unpaired) electrons. The Morgan fingerprint density at radius 1 is 0.947 bits per heavy atom. The van der Waals surface area contributed by atoms with Crippen molar-refractivity contribution in [2.45, 2.75) is 55.8 Å². The van der Waals surface area contributed by atoms with E-state index in [0.29, 0.717) is 59.7 Å². The number of hydrogen-bond donors (Lipinski definition) is 1. The van der Waals surface area contributed by atoms with E-state index in [4.69, 9.17) is 4.18 Å². The minimum absolute atomic E-state index is 0.0231. The molecule has 0 atom stereocenters. The number of carboxylic acid groups (broad SMARTS) is 1. The van der Waals surface area contributed by atoms with Crippen LogP contribution in [0.3, 0.4) is 0 Å². The molecule has 0 saturated carbocycles. The van der Waals surface area contributed by atoms with Crippen molar-refractivity contribution in [1.82, 2.24) is 4.90 Å². The fourth-order valence-corrected chi connectivity index (χ4v) is 7.10. The maximum absolute atomic E-state index is 13.3. The quantitative estimate of drug-likeness (QED) is 0.436. The lowest BCUT2D eigenvalue weighted by Crippen LogP contribution is -2.39. The predicted molar refractivity (Wildman–Crippen MR) is 142 cm³/mol. The van der Waals surface area contributed by atoms with Crippen LogP contribution < -0.4 is 4.18 Å². The van der Waals surface area contributed by atoms with Gasteiger partial charge in [0.1, 0.15) is 4.90 Å². The number of nitrogens with zero attached hydrogens (tertiary/aromatic N) is 1. The van der Waals surface area contributed by atoms with Gasteiger partial charge in [-0.15, -0.1) is 0 Å². The molecule has 198 valence electrons. The van der Waals surface area contributed by atoms with Crippen LogP contribution in [-0.4, -0.2) is 42.5 Å². The summed E-state index contributed by atoms with van der Waals surface area (Å²) in [5.41, 5.74) is 3.33. The second-order valence-corrected chi connectivity index (χ2v) is 11.9. The number of aliphatic carboxylic acids is 1. The molecule has 2 aliphatic carbocycles. The van der Waals surface area contributed by atoms with E-state index in [-0.39, 0.29) is 35.2 Å². The maximum atomic E-state index is 13.3. The van der Waals surface area contributed by atoms with Crippen LogP contribution in [0, 0.1) is 0 Å². The molecular formula is C28H26BrNO7S. The van der Waals surface area contributed by atoms with Crippen LogP contribution in [0.2, 0.25) is 0 Å². The first-order valence-corrected chi connectivity index (χ1v) is 14.7. The minimum atomic E-state index is -4.06. The smallest absolute Gasteiger partial charge is 0.339 e. The van der Waals surface area contributed by atoms with Gasteiger partial charge < -0.3 is 14.2 Å². The van der Waals surface area contributed by atoms with E-state index >= 15 is 0 Å². The largest absolute Gasteiger partial charge is 0.481 e. The SMILES string of the molecule is O=C(O)CCN1C2=C(C(=O)CCC2)C(c2ccc(OS(=O)(=O)c3ccccc3)c(Br)c2)C2=C1CCCC2=O. The molecule has 1 N–H and O–H groups in total. The van der Waals surface area contributed by atoms with Crippen molar-refractivity contribution < 1.29 is 32.1 Å². The van der Waals surface area contributed by atoms with Gasteiger partial charge in [-0.2, -0.15) is 8.42 Å². The third-order valence-corrected chi connectivity index (χ3v) is 9.02. The number of rotatable bonds is 7. The first-order valence-electron chi connectivity index (χ1n) is 12.5. The Bertz CT molecular complexity index is 1450. The molecule has 2 aromatic carbocycles. The number of Topliss-reactive ketones (excluding diaryl/α,β-unsaturated/α-hetero) is 2. The van der Waals surface area contributed by atoms with Crippen LogP contribution in [0.15, 0.2) is 80.4 Å². The molecule has 0 aromatic heterocycles. The van der Waals surface area contributed by atoms with Crippen molar-refractivity contribution in [2.75, 3.05) is 6.54 Å². The first-order chi connectivity index (χ1) is 18.2. The summed E-state index contributed by atoms with van der Waals surface area (Å²) in [6.45, 7) is 0.202. The van der Waals surface area contributed by atoms with Gasteiger partial charge in [0.15, 0.2) is 17.3 Å². The Labute approximate surface area is 229 Å². The molecule has 0 bridgehead atoms.